The van der Waals surface area contributed by atoms with Crippen molar-refractivity contribution in [2.45, 2.75) is 50.0 Å². The lowest BCUT2D eigenvalue weighted by Crippen LogP contribution is -2.33. The predicted molar refractivity (Wildman–Crippen MR) is 67.4 cm³/mol. The second-order valence-corrected chi connectivity index (χ2v) is 4.66. The molecule has 1 fully saturated rings. The molecule has 15 heavy (non-hydrogen) atoms. The van der Waals surface area contributed by atoms with Crippen LogP contribution in [0.4, 0.5) is 0 Å². The molecular weight excluding hydrogens is 204 g/mol. The summed E-state index contributed by atoms with van der Waals surface area (Å²) in [6.07, 6.45) is 4.19. The van der Waals surface area contributed by atoms with E-state index in [4.69, 9.17) is 0 Å². The minimum absolute atomic E-state index is 0.526. The van der Waals surface area contributed by atoms with Crippen molar-refractivity contribution in [2.24, 2.45) is 0 Å². The molecule has 1 aliphatic carbocycles. The van der Waals surface area contributed by atoms with E-state index < -0.39 is 5.60 Å². The van der Waals surface area contributed by atoms with Gasteiger partial charge in [-0.05, 0) is 37.0 Å². The normalized spacial score (nSPS) is 17.3. The van der Waals surface area contributed by atoms with Crippen molar-refractivity contribution in [1.29, 1.82) is 0 Å². The molecule has 0 aromatic heterocycles. The van der Waals surface area contributed by atoms with Gasteiger partial charge in [0, 0.05) is 4.90 Å². The molecule has 1 aliphatic rings. The predicted octanol–water partition coefficient (Wildman–Crippen LogP) is 3.76. The molecule has 0 atom stereocenters. The number of hydrogen-bond donors (Lipinski definition) is 2. The molecule has 0 radical (unpaired) electrons. The molecule has 0 bridgehead atoms. The van der Waals surface area contributed by atoms with Crippen LogP contribution in [0.5, 0.6) is 0 Å². The largest absolute Gasteiger partial charge is 0.385 e. The van der Waals surface area contributed by atoms with E-state index in [2.05, 4.69) is 26.5 Å². The molecule has 2 rings (SSSR count). The van der Waals surface area contributed by atoms with E-state index >= 15 is 0 Å². The van der Waals surface area contributed by atoms with Gasteiger partial charge in [0.2, 0.25) is 0 Å². The second-order valence-electron chi connectivity index (χ2n) is 4.14. The Morgan fingerprint density at radius 3 is 2.00 bits per heavy atom. The smallest absolute Gasteiger partial charge is 0.0896 e. The van der Waals surface area contributed by atoms with E-state index in [1.807, 2.05) is 24.3 Å². The van der Waals surface area contributed by atoms with Crippen LogP contribution in [0.15, 0.2) is 29.2 Å². The zero-order valence-electron chi connectivity index (χ0n) is 9.53. The van der Waals surface area contributed by atoms with Crippen LogP contribution < -0.4 is 0 Å². The summed E-state index contributed by atoms with van der Waals surface area (Å²) in [5.41, 5.74) is 0.508. The topological polar surface area (TPSA) is 20.2 Å². The van der Waals surface area contributed by atoms with Gasteiger partial charge in [0.25, 0.3) is 0 Å². The first-order valence-corrected chi connectivity index (χ1v) is 6.09. The molecular formula is C13H20OS. The SMILES string of the molecule is CCC.OC1(c2ccc(S)cc2)CCC1. The summed E-state index contributed by atoms with van der Waals surface area (Å²) in [5, 5.41) is 9.95. The Labute approximate surface area is 97.9 Å². The summed E-state index contributed by atoms with van der Waals surface area (Å²) >= 11 is 4.19. The molecule has 0 heterocycles. The van der Waals surface area contributed by atoms with Crippen molar-refractivity contribution in [3.63, 3.8) is 0 Å². The summed E-state index contributed by atoms with van der Waals surface area (Å²) in [7, 11) is 0. The number of aliphatic hydroxyl groups is 1. The summed E-state index contributed by atoms with van der Waals surface area (Å²) < 4.78 is 0. The van der Waals surface area contributed by atoms with Crippen LogP contribution in [0, 0.1) is 0 Å². The van der Waals surface area contributed by atoms with E-state index in [1.54, 1.807) is 0 Å². The highest BCUT2D eigenvalue weighted by molar-refractivity contribution is 7.80. The Morgan fingerprint density at radius 2 is 1.67 bits per heavy atom. The molecule has 2 heteroatoms. The Hall–Kier alpha value is -0.470. The summed E-state index contributed by atoms with van der Waals surface area (Å²) in [4.78, 5) is 0.946. The highest BCUT2D eigenvalue weighted by Gasteiger charge is 2.35. The first kappa shape index (κ1) is 12.6. The van der Waals surface area contributed by atoms with Crippen molar-refractivity contribution in [3.05, 3.63) is 29.8 Å². The number of rotatable bonds is 1. The van der Waals surface area contributed by atoms with Crippen molar-refractivity contribution in [1.82, 2.24) is 0 Å². The maximum atomic E-state index is 9.95. The standard InChI is InChI=1S/C10H12OS.C3H8/c11-10(6-1-7-10)8-2-4-9(12)5-3-8;1-3-2/h2-5,11-12H,1,6-7H2;3H2,1-2H3. The molecule has 0 unspecified atom stereocenters. The van der Waals surface area contributed by atoms with E-state index in [9.17, 15) is 5.11 Å². The highest BCUT2D eigenvalue weighted by Crippen LogP contribution is 2.40. The van der Waals surface area contributed by atoms with Crippen molar-refractivity contribution in [2.75, 3.05) is 0 Å². The van der Waals surface area contributed by atoms with Crippen molar-refractivity contribution < 1.29 is 5.11 Å². The average molecular weight is 224 g/mol. The molecule has 0 aliphatic heterocycles. The lowest BCUT2D eigenvalue weighted by molar-refractivity contribution is -0.0388. The molecule has 0 spiro atoms. The minimum Gasteiger partial charge on any atom is -0.385 e. The zero-order valence-corrected chi connectivity index (χ0v) is 10.4. The quantitative estimate of drug-likeness (QED) is 0.696. The van der Waals surface area contributed by atoms with Crippen molar-refractivity contribution in [3.8, 4) is 0 Å². The van der Waals surface area contributed by atoms with E-state index in [0.717, 1.165) is 29.7 Å². The lowest BCUT2D eigenvalue weighted by Gasteiger charge is -2.37. The van der Waals surface area contributed by atoms with Crippen LogP contribution in [-0.2, 0) is 5.60 Å². The number of thiol groups is 1. The highest BCUT2D eigenvalue weighted by atomic mass is 32.1. The zero-order chi connectivity index (χ0) is 11.3. The lowest BCUT2D eigenvalue weighted by atomic mass is 9.75. The van der Waals surface area contributed by atoms with Gasteiger partial charge in [-0.3, -0.25) is 0 Å². The first-order chi connectivity index (χ1) is 7.12. The number of hydrogen-bond acceptors (Lipinski definition) is 2. The molecule has 1 aromatic rings. The van der Waals surface area contributed by atoms with Crippen LogP contribution in [0.3, 0.4) is 0 Å². The van der Waals surface area contributed by atoms with Crippen LogP contribution >= 0.6 is 12.6 Å². The van der Waals surface area contributed by atoms with Gasteiger partial charge in [0.1, 0.15) is 0 Å². The van der Waals surface area contributed by atoms with Gasteiger partial charge < -0.3 is 5.11 Å². The van der Waals surface area contributed by atoms with Crippen LogP contribution in [0.1, 0.15) is 45.1 Å². The van der Waals surface area contributed by atoms with E-state index in [0.29, 0.717) is 0 Å². The molecule has 1 aromatic carbocycles. The van der Waals surface area contributed by atoms with E-state index in [1.165, 1.54) is 6.42 Å². The first-order valence-electron chi connectivity index (χ1n) is 5.64. The Balaban J connectivity index is 0.000000337. The third-order valence-electron chi connectivity index (χ3n) is 2.59. The third kappa shape index (κ3) is 3.25. The van der Waals surface area contributed by atoms with Gasteiger partial charge >= 0.3 is 0 Å². The average Bonchev–Trinajstić information content (AvgIpc) is 2.17. The molecule has 84 valence electrons. The second kappa shape index (κ2) is 5.57. The van der Waals surface area contributed by atoms with Gasteiger partial charge in [0.05, 0.1) is 5.60 Å². The molecule has 1 nitrogen and oxygen atoms in total. The van der Waals surface area contributed by atoms with Gasteiger partial charge in [-0.2, -0.15) is 0 Å². The van der Waals surface area contributed by atoms with Gasteiger partial charge in [-0.1, -0.05) is 32.4 Å². The maximum absolute atomic E-state index is 9.95. The van der Waals surface area contributed by atoms with Gasteiger partial charge in [-0.15, -0.1) is 12.6 Å². The molecule has 1 saturated carbocycles. The van der Waals surface area contributed by atoms with Gasteiger partial charge in [-0.25, -0.2) is 0 Å². The fourth-order valence-electron chi connectivity index (χ4n) is 1.57. The van der Waals surface area contributed by atoms with Crippen LogP contribution in [0.2, 0.25) is 0 Å². The Bertz CT molecular complexity index is 288. The monoisotopic (exact) mass is 224 g/mol. The maximum Gasteiger partial charge on any atom is 0.0896 e. The summed E-state index contributed by atoms with van der Waals surface area (Å²) in [6, 6.07) is 7.77. The van der Waals surface area contributed by atoms with Crippen LogP contribution in [-0.4, -0.2) is 5.11 Å². The fraction of sp³-hybridized carbons (Fsp3) is 0.538. The minimum atomic E-state index is -0.526. The third-order valence-corrected chi connectivity index (χ3v) is 2.88. The van der Waals surface area contributed by atoms with Crippen LogP contribution in [0.25, 0.3) is 0 Å². The summed E-state index contributed by atoms with van der Waals surface area (Å²) in [6.45, 7) is 4.25. The summed E-state index contributed by atoms with van der Waals surface area (Å²) in [5.74, 6) is 0. The van der Waals surface area contributed by atoms with E-state index in [-0.39, 0.29) is 0 Å². The fourth-order valence-corrected chi connectivity index (χ4v) is 1.72. The molecule has 1 N–H and O–H groups in total. The molecule has 0 amide bonds. The Morgan fingerprint density at radius 1 is 1.20 bits per heavy atom. The Kier molecular flexibility index (Phi) is 4.68. The number of benzene rings is 1. The van der Waals surface area contributed by atoms with Gasteiger partial charge in [0.15, 0.2) is 0 Å². The molecule has 0 saturated heterocycles. The van der Waals surface area contributed by atoms with Crippen molar-refractivity contribution >= 4 is 12.6 Å².